The summed E-state index contributed by atoms with van der Waals surface area (Å²) in [6.45, 7) is 2.03. The van der Waals surface area contributed by atoms with Crippen LogP contribution < -0.4 is 5.43 Å². The van der Waals surface area contributed by atoms with E-state index in [9.17, 15) is 15.0 Å². The smallest absolute Gasteiger partial charge is 0.257 e. The van der Waals surface area contributed by atoms with Crippen LogP contribution in [0.3, 0.4) is 0 Å². The quantitative estimate of drug-likeness (QED) is 0.570. The summed E-state index contributed by atoms with van der Waals surface area (Å²) >= 11 is 0. The SMILES string of the molecule is CCCCCC(=O)Nn1c(O)cc(O)c1O. The minimum atomic E-state index is -0.582. The van der Waals surface area contributed by atoms with E-state index in [1.807, 2.05) is 6.92 Å². The molecule has 1 aromatic heterocycles. The Kier molecular flexibility index (Phi) is 4.04. The molecular weight excluding hydrogens is 212 g/mol. The van der Waals surface area contributed by atoms with Crippen molar-refractivity contribution >= 4 is 5.91 Å². The van der Waals surface area contributed by atoms with Gasteiger partial charge in [-0.05, 0) is 6.42 Å². The zero-order valence-corrected chi connectivity index (χ0v) is 9.10. The number of hydrogen-bond donors (Lipinski definition) is 4. The zero-order chi connectivity index (χ0) is 12.1. The largest absolute Gasteiger partial charge is 0.503 e. The third-order valence-electron chi connectivity index (χ3n) is 2.18. The molecule has 16 heavy (non-hydrogen) atoms. The van der Waals surface area contributed by atoms with E-state index >= 15 is 0 Å². The molecule has 0 spiro atoms. The van der Waals surface area contributed by atoms with E-state index in [2.05, 4.69) is 5.43 Å². The van der Waals surface area contributed by atoms with Gasteiger partial charge in [-0.25, -0.2) is 0 Å². The molecule has 0 atom stereocenters. The Labute approximate surface area is 93.1 Å². The lowest BCUT2D eigenvalue weighted by atomic mass is 10.2. The summed E-state index contributed by atoms with van der Waals surface area (Å²) < 4.78 is 0.740. The maximum absolute atomic E-state index is 11.4. The normalized spacial score (nSPS) is 10.3. The van der Waals surface area contributed by atoms with Crippen molar-refractivity contribution in [2.75, 3.05) is 5.43 Å². The number of hydrogen-bond acceptors (Lipinski definition) is 4. The third kappa shape index (κ3) is 2.82. The fourth-order valence-corrected chi connectivity index (χ4v) is 1.30. The lowest BCUT2D eigenvalue weighted by molar-refractivity contribution is -0.117. The summed E-state index contributed by atoms with van der Waals surface area (Å²) in [6, 6.07) is 0.946. The molecule has 0 unspecified atom stereocenters. The summed E-state index contributed by atoms with van der Waals surface area (Å²) in [5.74, 6) is -1.80. The Morgan fingerprint density at radius 2 is 2.06 bits per heavy atom. The van der Waals surface area contributed by atoms with Crippen LogP contribution in [0.2, 0.25) is 0 Å². The number of aromatic nitrogens is 1. The molecule has 0 bridgehead atoms. The Bertz CT molecular complexity index is 373. The van der Waals surface area contributed by atoms with Gasteiger partial charge < -0.3 is 15.3 Å². The summed E-state index contributed by atoms with van der Waals surface area (Å²) in [5, 5.41) is 27.6. The van der Waals surface area contributed by atoms with Crippen LogP contribution in [0.1, 0.15) is 32.6 Å². The van der Waals surface area contributed by atoms with Gasteiger partial charge in [0.1, 0.15) is 0 Å². The standard InChI is InChI=1S/C10H16N2O4/c1-2-3-4-5-8(14)11-12-9(15)6-7(13)10(12)16/h6,13,15-16H,2-5H2,1H3,(H,11,14). The average molecular weight is 228 g/mol. The molecule has 0 fully saturated rings. The third-order valence-corrected chi connectivity index (χ3v) is 2.18. The molecule has 90 valence electrons. The maximum Gasteiger partial charge on any atom is 0.257 e. The Morgan fingerprint density at radius 1 is 1.38 bits per heavy atom. The Hall–Kier alpha value is -1.85. The van der Waals surface area contributed by atoms with Crippen LogP contribution in [0, 0.1) is 0 Å². The van der Waals surface area contributed by atoms with E-state index in [-0.39, 0.29) is 5.91 Å². The number of carbonyl (C=O) groups is 1. The van der Waals surface area contributed by atoms with Crippen LogP contribution in [-0.4, -0.2) is 25.9 Å². The van der Waals surface area contributed by atoms with Crippen LogP contribution in [0.25, 0.3) is 0 Å². The zero-order valence-electron chi connectivity index (χ0n) is 9.10. The number of rotatable bonds is 5. The molecular formula is C10H16N2O4. The molecule has 0 aliphatic rings. The van der Waals surface area contributed by atoms with E-state index < -0.39 is 17.5 Å². The molecule has 0 aliphatic heterocycles. The van der Waals surface area contributed by atoms with Crippen LogP contribution in [0.4, 0.5) is 0 Å². The first-order chi connectivity index (χ1) is 7.56. The van der Waals surface area contributed by atoms with E-state index in [1.54, 1.807) is 0 Å². The van der Waals surface area contributed by atoms with Gasteiger partial charge >= 0.3 is 0 Å². The van der Waals surface area contributed by atoms with Gasteiger partial charge in [-0.15, -0.1) is 0 Å². The average Bonchev–Trinajstić information content (AvgIpc) is 2.46. The fraction of sp³-hybridized carbons (Fsp3) is 0.500. The fourth-order valence-electron chi connectivity index (χ4n) is 1.30. The second kappa shape index (κ2) is 5.29. The monoisotopic (exact) mass is 228 g/mol. The first-order valence-corrected chi connectivity index (χ1v) is 5.18. The van der Waals surface area contributed by atoms with Crippen molar-refractivity contribution in [1.29, 1.82) is 0 Å². The number of carbonyl (C=O) groups excluding carboxylic acids is 1. The second-order valence-corrected chi connectivity index (χ2v) is 3.54. The summed E-state index contributed by atoms with van der Waals surface area (Å²) in [4.78, 5) is 11.4. The highest BCUT2D eigenvalue weighted by Crippen LogP contribution is 2.31. The van der Waals surface area contributed by atoms with Crippen molar-refractivity contribution in [2.45, 2.75) is 32.6 Å². The van der Waals surface area contributed by atoms with E-state index in [0.717, 1.165) is 30.0 Å². The van der Waals surface area contributed by atoms with Gasteiger partial charge in [-0.3, -0.25) is 10.2 Å². The van der Waals surface area contributed by atoms with Gasteiger partial charge in [0.05, 0.1) is 0 Å². The molecule has 0 radical (unpaired) electrons. The summed E-state index contributed by atoms with van der Waals surface area (Å²) in [7, 11) is 0. The first-order valence-electron chi connectivity index (χ1n) is 5.18. The Balaban J connectivity index is 2.56. The predicted octanol–water partition coefficient (Wildman–Crippen LogP) is 1.26. The van der Waals surface area contributed by atoms with Gasteiger partial charge in [-0.2, -0.15) is 4.68 Å². The van der Waals surface area contributed by atoms with Crippen molar-refractivity contribution in [2.24, 2.45) is 0 Å². The maximum atomic E-state index is 11.4. The summed E-state index contributed by atoms with van der Waals surface area (Å²) in [5.41, 5.74) is 2.28. The van der Waals surface area contributed by atoms with Crippen LogP contribution >= 0.6 is 0 Å². The lowest BCUT2D eigenvalue weighted by Crippen LogP contribution is -2.21. The van der Waals surface area contributed by atoms with E-state index in [1.165, 1.54) is 0 Å². The van der Waals surface area contributed by atoms with Crippen molar-refractivity contribution in [3.05, 3.63) is 6.07 Å². The van der Waals surface area contributed by atoms with Gasteiger partial charge in [0, 0.05) is 12.5 Å². The van der Waals surface area contributed by atoms with E-state index in [0.29, 0.717) is 6.42 Å². The minimum absolute atomic E-state index is 0.311. The van der Waals surface area contributed by atoms with Gasteiger partial charge in [-0.1, -0.05) is 19.8 Å². The number of unbranched alkanes of at least 4 members (excludes halogenated alkanes) is 2. The Morgan fingerprint density at radius 3 is 2.56 bits per heavy atom. The molecule has 0 saturated heterocycles. The molecule has 6 heteroatoms. The molecule has 0 saturated carbocycles. The first kappa shape index (κ1) is 12.2. The second-order valence-electron chi connectivity index (χ2n) is 3.54. The topological polar surface area (TPSA) is 94.7 Å². The highest BCUT2D eigenvalue weighted by atomic mass is 16.3. The van der Waals surface area contributed by atoms with Crippen molar-refractivity contribution < 1.29 is 20.1 Å². The molecule has 0 aromatic carbocycles. The minimum Gasteiger partial charge on any atom is -0.503 e. The predicted molar refractivity (Wildman–Crippen MR) is 57.9 cm³/mol. The molecule has 1 aromatic rings. The van der Waals surface area contributed by atoms with Crippen molar-refractivity contribution in [3.8, 4) is 17.5 Å². The van der Waals surface area contributed by atoms with Crippen LogP contribution in [0.15, 0.2) is 6.07 Å². The number of nitrogens with one attached hydrogen (secondary N) is 1. The number of aromatic hydroxyl groups is 3. The molecule has 1 amide bonds. The highest BCUT2D eigenvalue weighted by molar-refractivity contribution is 5.84. The van der Waals surface area contributed by atoms with Crippen LogP contribution in [0.5, 0.6) is 17.5 Å². The molecule has 6 nitrogen and oxygen atoms in total. The van der Waals surface area contributed by atoms with Gasteiger partial charge in [0.2, 0.25) is 11.8 Å². The van der Waals surface area contributed by atoms with Gasteiger partial charge in [0.25, 0.3) is 5.88 Å². The van der Waals surface area contributed by atoms with Crippen LogP contribution in [-0.2, 0) is 4.79 Å². The van der Waals surface area contributed by atoms with Gasteiger partial charge in [0.15, 0.2) is 5.75 Å². The number of amides is 1. The lowest BCUT2D eigenvalue weighted by Gasteiger charge is -2.08. The van der Waals surface area contributed by atoms with Crippen molar-refractivity contribution in [3.63, 3.8) is 0 Å². The molecule has 1 heterocycles. The molecule has 1 rings (SSSR count). The number of nitrogens with zero attached hydrogens (tertiary/aromatic N) is 1. The molecule has 4 N–H and O–H groups in total. The molecule has 0 aliphatic carbocycles. The van der Waals surface area contributed by atoms with Crippen molar-refractivity contribution in [1.82, 2.24) is 4.68 Å². The summed E-state index contributed by atoms with van der Waals surface area (Å²) in [6.07, 6.45) is 3.01. The highest BCUT2D eigenvalue weighted by Gasteiger charge is 2.14. The van der Waals surface area contributed by atoms with E-state index in [4.69, 9.17) is 5.11 Å².